The summed E-state index contributed by atoms with van der Waals surface area (Å²) >= 11 is 5.00. The predicted octanol–water partition coefficient (Wildman–Crippen LogP) is -0.355. The fourth-order valence-electron chi connectivity index (χ4n) is 0.837. The number of rotatable bonds is 5. The molecule has 76 valence electrons. The maximum atomic E-state index is 10.2. The fraction of sp³-hybridized carbons (Fsp3) is 0.750. The molecule has 0 radical (unpaired) electrons. The van der Waals surface area contributed by atoms with E-state index in [9.17, 15) is 4.79 Å². The zero-order chi connectivity index (χ0) is 10.4. The topological polar surface area (TPSA) is 77.0 Å². The van der Waals surface area contributed by atoms with E-state index in [1.165, 1.54) is 0 Å². The van der Waals surface area contributed by atoms with Crippen molar-refractivity contribution in [1.29, 1.82) is 0 Å². The molecule has 5 heteroatoms. The van der Waals surface area contributed by atoms with Crippen molar-refractivity contribution in [2.24, 2.45) is 5.92 Å². The summed E-state index contributed by atoms with van der Waals surface area (Å²) in [4.78, 5) is 10.8. The number of carbonyl (C=O) groups is 1. The molecule has 0 aliphatic carbocycles. The highest BCUT2D eigenvalue weighted by Crippen LogP contribution is 2.04. The highest BCUT2D eigenvalue weighted by atomic mass is 32.1. The lowest BCUT2D eigenvalue weighted by Gasteiger charge is -2.16. The van der Waals surface area contributed by atoms with Gasteiger partial charge in [0.15, 0.2) is 0 Å². The van der Waals surface area contributed by atoms with Crippen LogP contribution in [0.3, 0.4) is 0 Å². The number of carboxylic acids is 1. The molecule has 0 aromatic heterocycles. The van der Waals surface area contributed by atoms with Gasteiger partial charge in [-0.2, -0.15) is 0 Å². The van der Waals surface area contributed by atoms with Gasteiger partial charge in [0.05, 0.1) is 0 Å². The predicted molar refractivity (Wildman–Crippen MR) is 54.4 cm³/mol. The van der Waals surface area contributed by atoms with Crippen molar-refractivity contribution in [3.8, 4) is 0 Å². The highest BCUT2D eigenvalue weighted by molar-refractivity contribution is 7.80. The number of nitrogens with one attached hydrogen (secondary N) is 1. The summed E-state index contributed by atoms with van der Waals surface area (Å²) in [5.41, 5.74) is 3.89. The molecule has 0 saturated carbocycles. The van der Waals surface area contributed by atoms with Crippen molar-refractivity contribution >= 4 is 23.2 Å². The van der Waals surface area contributed by atoms with E-state index in [0.717, 1.165) is 6.42 Å². The third-order valence-corrected chi connectivity index (χ3v) is 2.53. The molecule has 0 bridgehead atoms. The lowest BCUT2D eigenvalue weighted by atomic mass is 10.0. The van der Waals surface area contributed by atoms with E-state index in [4.69, 9.17) is 17.3 Å². The van der Waals surface area contributed by atoms with Crippen LogP contribution < -0.4 is 11.1 Å². The Morgan fingerprint density at radius 3 is 2.62 bits per heavy atom. The minimum atomic E-state index is -0.904. The third kappa shape index (κ3) is 4.80. The summed E-state index contributed by atoms with van der Waals surface area (Å²) in [5.74, 6) is -0.521. The number of thiocarbonyl (C=S) groups is 1. The molecule has 0 aromatic carbocycles. The summed E-state index contributed by atoms with van der Waals surface area (Å²) < 4.78 is 0. The van der Waals surface area contributed by atoms with Gasteiger partial charge >= 0.3 is 5.97 Å². The number of carboxylic acid groups (broad SMARTS) is 1. The second-order valence-corrected chi connectivity index (χ2v) is 3.54. The Morgan fingerprint density at radius 1 is 1.69 bits per heavy atom. The number of quaternary nitrogens is 1. The van der Waals surface area contributed by atoms with E-state index in [1.807, 2.05) is 6.92 Å². The van der Waals surface area contributed by atoms with Crippen LogP contribution in [0.25, 0.3) is 0 Å². The van der Waals surface area contributed by atoms with Crippen LogP contribution in [0.5, 0.6) is 0 Å². The number of aliphatic carboxylic acids is 1. The van der Waals surface area contributed by atoms with Gasteiger partial charge in [-0.05, 0) is 6.42 Å². The van der Waals surface area contributed by atoms with Crippen LogP contribution in [0.15, 0.2) is 0 Å². The van der Waals surface area contributed by atoms with Gasteiger partial charge in [-0.25, -0.2) is 0 Å². The van der Waals surface area contributed by atoms with E-state index in [-0.39, 0.29) is 12.6 Å². The van der Waals surface area contributed by atoms with Gasteiger partial charge in [0.1, 0.15) is 17.6 Å². The summed E-state index contributed by atoms with van der Waals surface area (Å²) in [6.45, 7) is 3.98. The van der Waals surface area contributed by atoms with E-state index >= 15 is 0 Å². The normalized spacial score (nSPS) is 14.7. The lowest BCUT2D eigenvalue weighted by Crippen LogP contribution is -2.69. The molecule has 0 spiro atoms. The van der Waals surface area contributed by atoms with Gasteiger partial charge < -0.3 is 16.2 Å². The van der Waals surface area contributed by atoms with Crippen LogP contribution in [0, 0.1) is 5.92 Å². The molecule has 2 atom stereocenters. The van der Waals surface area contributed by atoms with Crippen molar-refractivity contribution in [2.45, 2.75) is 26.3 Å². The Balaban J connectivity index is 3.89. The molecule has 4 nitrogen and oxygen atoms in total. The minimum absolute atomic E-state index is 0.000602. The molecular formula is C8H17N2O2S+. The van der Waals surface area contributed by atoms with E-state index < -0.39 is 5.97 Å². The quantitative estimate of drug-likeness (QED) is 0.536. The molecule has 0 rings (SSSR count). The van der Waals surface area contributed by atoms with Crippen molar-refractivity contribution in [1.82, 2.24) is 5.32 Å². The molecule has 0 heterocycles. The number of hydrogen-bond donors (Lipinski definition) is 3. The summed E-state index contributed by atoms with van der Waals surface area (Å²) in [6, 6.07) is -0.000602. The average Bonchev–Trinajstić information content (AvgIpc) is 2.11. The Morgan fingerprint density at radius 2 is 2.23 bits per heavy atom. The van der Waals surface area contributed by atoms with Crippen LogP contribution in [-0.2, 0) is 4.79 Å². The SMILES string of the molecule is CCC(C)[C@H]([NH3+])C(=S)NCC(=O)O. The monoisotopic (exact) mass is 205 g/mol. The molecular weight excluding hydrogens is 188 g/mol. The second kappa shape index (κ2) is 5.88. The summed E-state index contributed by atoms with van der Waals surface area (Å²) in [7, 11) is 0. The Labute approximate surface area is 83.5 Å². The first-order chi connectivity index (χ1) is 5.99. The Bertz CT molecular complexity index is 197. The van der Waals surface area contributed by atoms with Crippen LogP contribution in [-0.4, -0.2) is 28.7 Å². The standard InChI is InChI=1S/C8H16N2O2S/c1-3-5(2)7(9)8(13)10-4-6(11)12/h5,7H,3-4,9H2,1-2H3,(H,10,13)(H,11,12)/p+1/t5?,7-/m0/s1. The van der Waals surface area contributed by atoms with Gasteiger partial charge in [-0.15, -0.1) is 0 Å². The maximum Gasteiger partial charge on any atom is 0.322 e. The first kappa shape index (κ1) is 12.3. The van der Waals surface area contributed by atoms with E-state index in [1.54, 1.807) is 0 Å². The third-order valence-electron chi connectivity index (χ3n) is 2.08. The summed E-state index contributed by atoms with van der Waals surface area (Å²) in [5, 5.41) is 11.1. The number of hydrogen-bond acceptors (Lipinski definition) is 2. The van der Waals surface area contributed by atoms with Crippen molar-refractivity contribution < 1.29 is 15.6 Å². The largest absolute Gasteiger partial charge is 0.480 e. The van der Waals surface area contributed by atoms with Gasteiger partial charge in [-0.1, -0.05) is 26.1 Å². The van der Waals surface area contributed by atoms with Gasteiger partial charge in [0.2, 0.25) is 0 Å². The van der Waals surface area contributed by atoms with E-state index in [2.05, 4.69) is 18.0 Å². The van der Waals surface area contributed by atoms with Crippen LogP contribution >= 0.6 is 12.2 Å². The molecule has 0 aromatic rings. The van der Waals surface area contributed by atoms with Crippen LogP contribution in [0.4, 0.5) is 0 Å². The van der Waals surface area contributed by atoms with Gasteiger partial charge in [0, 0.05) is 5.92 Å². The first-order valence-electron chi connectivity index (χ1n) is 4.31. The van der Waals surface area contributed by atoms with Crippen molar-refractivity contribution in [3.63, 3.8) is 0 Å². The van der Waals surface area contributed by atoms with Crippen LogP contribution in [0.1, 0.15) is 20.3 Å². The smallest absolute Gasteiger partial charge is 0.322 e. The van der Waals surface area contributed by atoms with Crippen LogP contribution in [0.2, 0.25) is 0 Å². The molecule has 0 aliphatic rings. The molecule has 0 amide bonds. The zero-order valence-corrected chi connectivity index (χ0v) is 8.86. The lowest BCUT2D eigenvalue weighted by molar-refractivity contribution is -0.406. The molecule has 0 aliphatic heterocycles. The first-order valence-corrected chi connectivity index (χ1v) is 4.72. The molecule has 5 N–H and O–H groups in total. The van der Waals surface area contributed by atoms with Gasteiger partial charge in [0.25, 0.3) is 0 Å². The minimum Gasteiger partial charge on any atom is -0.480 e. The molecule has 0 fully saturated rings. The van der Waals surface area contributed by atoms with Gasteiger partial charge in [-0.3, -0.25) is 4.79 Å². The summed E-state index contributed by atoms with van der Waals surface area (Å²) in [6.07, 6.45) is 0.989. The molecule has 1 unspecified atom stereocenters. The second-order valence-electron chi connectivity index (χ2n) is 3.10. The fourth-order valence-corrected chi connectivity index (χ4v) is 1.14. The van der Waals surface area contributed by atoms with Crippen molar-refractivity contribution in [2.75, 3.05) is 6.54 Å². The van der Waals surface area contributed by atoms with Crippen molar-refractivity contribution in [3.05, 3.63) is 0 Å². The molecule has 13 heavy (non-hydrogen) atoms. The zero-order valence-electron chi connectivity index (χ0n) is 8.04. The highest BCUT2D eigenvalue weighted by Gasteiger charge is 2.19. The Kier molecular flexibility index (Phi) is 5.57. The average molecular weight is 205 g/mol. The maximum absolute atomic E-state index is 10.2. The Hall–Kier alpha value is -0.680. The molecule has 0 saturated heterocycles. The van der Waals surface area contributed by atoms with E-state index in [0.29, 0.717) is 10.9 Å².